The average Bonchev–Trinajstić information content (AvgIpc) is 2.01. The molecule has 86 valence electrons. The highest BCUT2D eigenvalue weighted by Gasteiger charge is 2.14. The summed E-state index contributed by atoms with van der Waals surface area (Å²) in [5, 5.41) is 3.24. The van der Waals surface area contributed by atoms with Crippen LogP contribution < -0.4 is 33.8 Å². The Labute approximate surface area is 110 Å². The van der Waals surface area contributed by atoms with Crippen LogP contribution in [-0.2, 0) is 0 Å². The number of halogens is 1. The second kappa shape index (κ2) is 5.16. The van der Waals surface area contributed by atoms with E-state index in [1.807, 2.05) is 7.05 Å². The first-order valence-electron chi connectivity index (χ1n) is 4.97. The molecule has 0 saturated carbocycles. The van der Waals surface area contributed by atoms with Gasteiger partial charge in [-0.2, -0.15) is 0 Å². The summed E-state index contributed by atoms with van der Waals surface area (Å²) in [6.45, 7) is 4.30. The van der Waals surface area contributed by atoms with E-state index in [4.69, 9.17) is 0 Å². The van der Waals surface area contributed by atoms with E-state index < -0.39 is 0 Å². The van der Waals surface area contributed by atoms with Crippen molar-refractivity contribution in [2.24, 2.45) is 0 Å². The molecule has 0 atom stereocenters. The average molecular weight is 320 g/mol. The van der Waals surface area contributed by atoms with Crippen LogP contribution in [0.4, 0.5) is 11.4 Å². The van der Waals surface area contributed by atoms with Gasteiger partial charge in [0.15, 0.2) is 0 Å². The van der Waals surface area contributed by atoms with E-state index in [1.54, 1.807) is 0 Å². The van der Waals surface area contributed by atoms with E-state index in [1.165, 1.54) is 22.5 Å². The number of anilines is 1. The molecule has 0 aliphatic rings. The molecule has 0 fully saturated rings. The summed E-state index contributed by atoms with van der Waals surface area (Å²) in [6, 6.07) is 4.50. The summed E-state index contributed by atoms with van der Waals surface area (Å²) in [5.41, 5.74) is 5.23. The van der Waals surface area contributed by atoms with Crippen LogP contribution in [0.15, 0.2) is 12.1 Å². The van der Waals surface area contributed by atoms with Gasteiger partial charge in [-0.25, -0.2) is 0 Å². The van der Waals surface area contributed by atoms with Crippen molar-refractivity contribution >= 4 is 11.4 Å². The van der Waals surface area contributed by atoms with E-state index in [2.05, 4.69) is 52.4 Å². The lowest BCUT2D eigenvalue weighted by molar-refractivity contribution is -0.00000334. The number of hydrogen-bond donors (Lipinski definition) is 1. The van der Waals surface area contributed by atoms with Crippen LogP contribution in [0.5, 0.6) is 0 Å². The lowest BCUT2D eigenvalue weighted by atomic mass is 10.1. The molecule has 0 unspecified atom stereocenters. The minimum atomic E-state index is 0. The number of nitrogens with one attached hydrogen (secondary N) is 1. The Morgan fingerprint density at radius 3 is 1.67 bits per heavy atom. The van der Waals surface area contributed by atoms with Gasteiger partial charge in [0.1, 0.15) is 5.69 Å². The fourth-order valence-electron chi connectivity index (χ4n) is 1.72. The van der Waals surface area contributed by atoms with E-state index in [0.717, 1.165) is 4.48 Å². The molecular weight excluding hydrogens is 299 g/mol. The van der Waals surface area contributed by atoms with Crippen LogP contribution in [0.2, 0.25) is 0 Å². The van der Waals surface area contributed by atoms with Crippen molar-refractivity contribution < 1.29 is 24.0 Å². The van der Waals surface area contributed by atoms with Crippen molar-refractivity contribution in [3.63, 3.8) is 0 Å². The second-order valence-electron chi connectivity index (χ2n) is 4.72. The number of aryl methyl sites for hydroxylation is 2. The van der Waals surface area contributed by atoms with Crippen molar-refractivity contribution in [2.75, 3.05) is 33.5 Å². The highest BCUT2D eigenvalue weighted by atomic mass is 127. The molecule has 1 aromatic carbocycles. The van der Waals surface area contributed by atoms with E-state index in [9.17, 15) is 0 Å². The summed E-state index contributed by atoms with van der Waals surface area (Å²) in [6.07, 6.45) is 0. The first kappa shape index (κ1) is 14.7. The second-order valence-corrected chi connectivity index (χ2v) is 4.72. The molecule has 1 N–H and O–H groups in total. The first-order valence-corrected chi connectivity index (χ1v) is 4.97. The minimum Gasteiger partial charge on any atom is -1.00 e. The van der Waals surface area contributed by atoms with Crippen LogP contribution in [0, 0.1) is 13.8 Å². The normalized spacial score (nSPS) is 10.8. The molecular formula is C12H21IN2. The van der Waals surface area contributed by atoms with Gasteiger partial charge in [0, 0.05) is 24.9 Å². The van der Waals surface area contributed by atoms with Gasteiger partial charge in [-0.15, -0.1) is 0 Å². The molecule has 0 spiro atoms. The zero-order valence-corrected chi connectivity index (χ0v) is 12.6. The fourth-order valence-corrected chi connectivity index (χ4v) is 1.72. The summed E-state index contributed by atoms with van der Waals surface area (Å²) in [5.74, 6) is 0. The van der Waals surface area contributed by atoms with E-state index in [-0.39, 0.29) is 24.0 Å². The van der Waals surface area contributed by atoms with E-state index >= 15 is 0 Å². The molecule has 1 aromatic rings. The van der Waals surface area contributed by atoms with Crippen molar-refractivity contribution in [1.29, 1.82) is 0 Å². The Hall–Kier alpha value is -0.290. The Balaban J connectivity index is 0.00000196. The monoisotopic (exact) mass is 320 g/mol. The first-order chi connectivity index (χ1) is 6.36. The third-order valence-corrected chi connectivity index (χ3v) is 2.54. The standard InChI is InChI=1S/C12H21N2.HI/c1-9-7-11(14(4,5)6)8-10(2)12(9)13-3;/h7-8,13H,1-6H3;1H/q+1;/p-1. The third kappa shape index (κ3) is 3.34. The molecule has 2 nitrogen and oxygen atoms in total. The van der Waals surface area contributed by atoms with Gasteiger partial charge in [-0.1, -0.05) is 0 Å². The number of quaternary nitrogens is 1. The zero-order chi connectivity index (χ0) is 10.9. The maximum atomic E-state index is 3.24. The van der Waals surface area contributed by atoms with Gasteiger partial charge in [-0.05, 0) is 25.0 Å². The van der Waals surface area contributed by atoms with Crippen LogP contribution >= 0.6 is 0 Å². The zero-order valence-electron chi connectivity index (χ0n) is 10.5. The minimum absolute atomic E-state index is 0. The Bertz CT molecular complexity index is 317. The molecule has 0 amide bonds. The van der Waals surface area contributed by atoms with Crippen LogP contribution in [-0.4, -0.2) is 28.2 Å². The fraction of sp³-hybridized carbons (Fsp3) is 0.500. The van der Waals surface area contributed by atoms with E-state index in [0.29, 0.717) is 0 Å². The molecule has 3 heteroatoms. The molecule has 0 aliphatic heterocycles. The lowest BCUT2D eigenvalue weighted by Gasteiger charge is -2.25. The number of nitrogens with zero attached hydrogens (tertiary/aromatic N) is 1. The molecule has 15 heavy (non-hydrogen) atoms. The Kier molecular flexibility index (Phi) is 5.06. The molecule has 0 bridgehead atoms. The molecule has 0 aliphatic carbocycles. The van der Waals surface area contributed by atoms with Crippen LogP contribution in [0.1, 0.15) is 11.1 Å². The summed E-state index contributed by atoms with van der Waals surface area (Å²) < 4.78 is 0.867. The van der Waals surface area contributed by atoms with Gasteiger partial charge < -0.3 is 29.3 Å². The summed E-state index contributed by atoms with van der Waals surface area (Å²) in [4.78, 5) is 0. The molecule has 0 saturated heterocycles. The van der Waals surface area contributed by atoms with Gasteiger partial charge >= 0.3 is 0 Å². The third-order valence-electron chi connectivity index (χ3n) is 2.54. The van der Waals surface area contributed by atoms with Crippen molar-refractivity contribution in [1.82, 2.24) is 4.48 Å². The van der Waals surface area contributed by atoms with Crippen LogP contribution in [0.25, 0.3) is 0 Å². The SMILES string of the molecule is CNc1c(C)cc([N+](C)(C)C)cc1C.[I-]. The topological polar surface area (TPSA) is 12.0 Å². The van der Waals surface area contributed by atoms with Gasteiger partial charge in [-0.3, -0.25) is 4.48 Å². The summed E-state index contributed by atoms with van der Waals surface area (Å²) >= 11 is 0. The molecule has 0 aromatic heterocycles. The predicted molar refractivity (Wildman–Crippen MR) is 65.0 cm³/mol. The predicted octanol–water partition coefficient (Wildman–Crippen LogP) is -0.454. The highest BCUT2D eigenvalue weighted by Crippen LogP contribution is 2.27. The lowest BCUT2D eigenvalue weighted by Crippen LogP contribution is -3.00. The quantitative estimate of drug-likeness (QED) is 0.575. The number of hydrogen-bond acceptors (Lipinski definition) is 1. The maximum absolute atomic E-state index is 3.24. The van der Waals surface area contributed by atoms with Crippen molar-refractivity contribution in [2.45, 2.75) is 13.8 Å². The van der Waals surface area contributed by atoms with Gasteiger partial charge in [0.25, 0.3) is 0 Å². The molecule has 0 heterocycles. The Morgan fingerprint density at radius 1 is 1.00 bits per heavy atom. The van der Waals surface area contributed by atoms with Crippen molar-refractivity contribution in [3.05, 3.63) is 23.3 Å². The molecule has 0 radical (unpaired) electrons. The number of rotatable bonds is 2. The van der Waals surface area contributed by atoms with Gasteiger partial charge in [0.05, 0.1) is 21.1 Å². The molecule has 1 rings (SSSR count). The maximum Gasteiger partial charge on any atom is 0.132 e. The van der Waals surface area contributed by atoms with Crippen molar-refractivity contribution in [3.8, 4) is 0 Å². The largest absolute Gasteiger partial charge is 1.00 e. The number of benzene rings is 1. The van der Waals surface area contributed by atoms with Gasteiger partial charge in [0.2, 0.25) is 0 Å². The van der Waals surface area contributed by atoms with Crippen LogP contribution in [0.3, 0.4) is 0 Å². The Morgan fingerprint density at radius 2 is 1.40 bits per heavy atom. The summed E-state index contributed by atoms with van der Waals surface area (Å²) in [7, 11) is 8.54. The smallest absolute Gasteiger partial charge is 0.132 e. The highest BCUT2D eigenvalue weighted by molar-refractivity contribution is 5.63.